The number of ether oxygens (including phenoxy) is 2. The average molecular weight is 396 g/mol. The highest BCUT2D eigenvalue weighted by atomic mass is 127. The summed E-state index contributed by atoms with van der Waals surface area (Å²) in [5.74, 6) is -0.792. The van der Waals surface area contributed by atoms with Gasteiger partial charge in [0.25, 0.3) is 0 Å². The maximum absolute atomic E-state index is 11.6. The Morgan fingerprint density at radius 3 is 2.74 bits per heavy atom. The predicted molar refractivity (Wildman–Crippen MR) is 79.6 cm³/mol. The number of halogens is 1. The Morgan fingerprint density at radius 2 is 2.16 bits per heavy atom. The van der Waals surface area contributed by atoms with Gasteiger partial charge in [0.05, 0.1) is 32.0 Å². The third-order valence-corrected chi connectivity index (χ3v) is 4.38. The Bertz CT molecular complexity index is 458. The average Bonchev–Trinajstić information content (AvgIpc) is 2.45. The Balaban J connectivity index is 2.85. The molecule has 0 amide bonds. The van der Waals surface area contributed by atoms with Gasteiger partial charge in [0.1, 0.15) is 6.54 Å². The third-order valence-electron chi connectivity index (χ3n) is 2.25. The van der Waals surface area contributed by atoms with Gasteiger partial charge in [0.15, 0.2) is 0 Å². The maximum Gasteiger partial charge on any atom is 0.339 e. The van der Waals surface area contributed by atoms with Crippen LogP contribution in [0.1, 0.15) is 16.1 Å². The lowest BCUT2D eigenvalue weighted by Crippen LogP contribution is -2.25. The van der Waals surface area contributed by atoms with E-state index >= 15 is 0 Å². The first kappa shape index (κ1) is 16.2. The minimum Gasteiger partial charge on any atom is -0.468 e. The molecule has 8 heteroatoms. The van der Waals surface area contributed by atoms with E-state index in [4.69, 9.17) is 4.74 Å². The summed E-state index contributed by atoms with van der Waals surface area (Å²) in [6, 6.07) is 3.31. The maximum atomic E-state index is 11.6. The Labute approximate surface area is 127 Å². The van der Waals surface area contributed by atoms with Gasteiger partial charge in [-0.25, -0.2) is 9.10 Å². The summed E-state index contributed by atoms with van der Waals surface area (Å²) in [6.45, 7) is 0.454. The molecular weight excluding hydrogens is 383 g/mol. The van der Waals surface area contributed by atoms with Crippen LogP contribution in [0, 0.1) is 0 Å². The lowest BCUT2D eigenvalue weighted by Gasteiger charge is -2.17. The van der Waals surface area contributed by atoms with Crippen LogP contribution in [-0.2, 0) is 20.8 Å². The van der Waals surface area contributed by atoms with Gasteiger partial charge in [0.2, 0.25) is 0 Å². The van der Waals surface area contributed by atoms with Crippen molar-refractivity contribution >= 4 is 42.3 Å². The molecule has 6 nitrogen and oxygen atoms in total. The number of methoxy groups -OCH3 is 2. The highest BCUT2D eigenvalue weighted by Gasteiger charge is 2.17. The number of rotatable bonds is 6. The van der Waals surface area contributed by atoms with Crippen molar-refractivity contribution in [3.63, 3.8) is 0 Å². The van der Waals surface area contributed by atoms with E-state index in [1.165, 1.54) is 23.3 Å². The van der Waals surface area contributed by atoms with E-state index in [-0.39, 0.29) is 12.5 Å². The molecule has 0 atom stereocenters. The molecule has 0 saturated heterocycles. The molecule has 0 saturated carbocycles. The largest absolute Gasteiger partial charge is 0.468 e. The molecule has 0 unspecified atom stereocenters. The smallest absolute Gasteiger partial charge is 0.339 e. The number of carbonyl (C=O) groups is 2. The molecule has 0 aromatic carbocycles. The molecule has 0 bridgehead atoms. The highest BCUT2D eigenvalue weighted by Crippen LogP contribution is 2.22. The fourth-order valence-electron chi connectivity index (χ4n) is 1.34. The van der Waals surface area contributed by atoms with Crippen LogP contribution in [0.5, 0.6) is 0 Å². The van der Waals surface area contributed by atoms with E-state index in [2.05, 4.69) is 30.9 Å². The summed E-state index contributed by atoms with van der Waals surface area (Å²) < 4.78 is 11.0. The molecule has 0 radical (unpaired) electrons. The topological polar surface area (TPSA) is 68.7 Å². The first-order chi connectivity index (χ1) is 9.12. The number of hydrogen-bond donors (Lipinski definition) is 0. The van der Waals surface area contributed by atoms with E-state index in [1.807, 2.05) is 0 Å². The molecule has 0 aliphatic heterocycles. The predicted octanol–water partition coefficient (Wildman–Crippen LogP) is 1.84. The standard InChI is InChI=1S/C11H13IN2O4S/c1-17-10(15)7-14(19-12)6-9-8(11(16)18-2)4-3-5-13-9/h3-5H,6-7H2,1-2H3. The second kappa shape index (κ2) is 8.33. The summed E-state index contributed by atoms with van der Waals surface area (Å²) in [4.78, 5) is 27.0. The SMILES string of the molecule is COC(=O)CN(Cc1ncccc1C(=O)OC)SI. The normalized spacial score (nSPS) is 10.3. The zero-order valence-electron chi connectivity index (χ0n) is 10.5. The summed E-state index contributed by atoms with van der Waals surface area (Å²) in [5, 5.41) is 0. The summed E-state index contributed by atoms with van der Waals surface area (Å²) in [5.41, 5.74) is 0.952. The van der Waals surface area contributed by atoms with Crippen LogP contribution in [0.3, 0.4) is 0 Å². The van der Waals surface area contributed by atoms with Crippen LogP contribution in [0.4, 0.5) is 0 Å². The summed E-state index contributed by atoms with van der Waals surface area (Å²) >= 11 is 2.06. The monoisotopic (exact) mass is 396 g/mol. The van der Waals surface area contributed by atoms with Crippen molar-refractivity contribution in [3.05, 3.63) is 29.6 Å². The van der Waals surface area contributed by atoms with Crippen LogP contribution in [-0.4, -0.2) is 42.0 Å². The van der Waals surface area contributed by atoms with E-state index in [9.17, 15) is 9.59 Å². The van der Waals surface area contributed by atoms with Gasteiger partial charge < -0.3 is 9.47 Å². The third kappa shape index (κ3) is 4.96. The Morgan fingerprint density at radius 1 is 1.42 bits per heavy atom. The molecule has 0 aliphatic carbocycles. The van der Waals surface area contributed by atoms with Crippen molar-refractivity contribution in [1.29, 1.82) is 0 Å². The van der Waals surface area contributed by atoms with E-state index in [0.29, 0.717) is 17.8 Å². The molecule has 1 aromatic rings. The zero-order chi connectivity index (χ0) is 14.3. The number of carbonyl (C=O) groups excluding carboxylic acids is 2. The van der Waals surface area contributed by atoms with Crippen LogP contribution < -0.4 is 0 Å². The van der Waals surface area contributed by atoms with Gasteiger partial charge in [-0.05, 0) is 21.3 Å². The molecular formula is C11H13IN2O4S. The first-order valence-corrected chi connectivity index (χ1v) is 8.56. The molecule has 1 heterocycles. The van der Waals surface area contributed by atoms with Gasteiger partial charge in [0, 0.05) is 27.4 Å². The van der Waals surface area contributed by atoms with Gasteiger partial charge >= 0.3 is 11.9 Å². The molecule has 0 spiro atoms. The molecule has 0 N–H and O–H groups in total. The van der Waals surface area contributed by atoms with E-state index < -0.39 is 5.97 Å². The lowest BCUT2D eigenvalue weighted by molar-refractivity contribution is -0.140. The fourth-order valence-corrected chi connectivity index (χ4v) is 2.50. The van der Waals surface area contributed by atoms with E-state index in [0.717, 1.165) is 0 Å². The fraction of sp³-hybridized carbons (Fsp3) is 0.364. The number of pyridine rings is 1. The van der Waals surface area contributed by atoms with Crippen molar-refractivity contribution in [3.8, 4) is 0 Å². The number of nitrogens with zero attached hydrogens (tertiary/aromatic N) is 2. The highest BCUT2D eigenvalue weighted by molar-refractivity contribution is 14.2. The summed E-state index contributed by atoms with van der Waals surface area (Å²) in [7, 11) is 4.00. The van der Waals surface area contributed by atoms with Crippen molar-refractivity contribution < 1.29 is 19.1 Å². The molecule has 19 heavy (non-hydrogen) atoms. The minimum absolute atomic E-state index is 0.112. The van der Waals surface area contributed by atoms with Crippen molar-refractivity contribution in [2.45, 2.75) is 6.54 Å². The first-order valence-electron chi connectivity index (χ1n) is 5.25. The van der Waals surface area contributed by atoms with Crippen LogP contribution in [0.2, 0.25) is 0 Å². The minimum atomic E-state index is -0.445. The zero-order valence-corrected chi connectivity index (χ0v) is 13.4. The number of esters is 2. The molecule has 0 fully saturated rings. The number of hydrogen-bond acceptors (Lipinski definition) is 7. The molecule has 1 rings (SSSR count). The van der Waals surface area contributed by atoms with Crippen LogP contribution in [0.15, 0.2) is 18.3 Å². The van der Waals surface area contributed by atoms with Crippen molar-refractivity contribution in [1.82, 2.24) is 9.29 Å². The van der Waals surface area contributed by atoms with E-state index in [1.54, 1.807) is 22.6 Å². The van der Waals surface area contributed by atoms with Gasteiger partial charge in [-0.15, -0.1) is 0 Å². The Kier molecular flexibility index (Phi) is 7.10. The van der Waals surface area contributed by atoms with Crippen molar-refractivity contribution in [2.24, 2.45) is 0 Å². The number of aromatic nitrogens is 1. The van der Waals surface area contributed by atoms with Gasteiger partial charge in [-0.3, -0.25) is 9.78 Å². The molecule has 0 aliphatic rings. The molecule has 104 valence electrons. The lowest BCUT2D eigenvalue weighted by atomic mass is 10.2. The van der Waals surface area contributed by atoms with Crippen LogP contribution in [0.25, 0.3) is 0 Å². The quantitative estimate of drug-likeness (QED) is 0.413. The van der Waals surface area contributed by atoms with Gasteiger partial charge in [-0.2, -0.15) is 0 Å². The van der Waals surface area contributed by atoms with Crippen LogP contribution >= 0.6 is 30.3 Å². The summed E-state index contributed by atoms with van der Waals surface area (Å²) in [6.07, 6.45) is 1.59. The second-order valence-electron chi connectivity index (χ2n) is 3.43. The van der Waals surface area contributed by atoms with Crippen molar-refractivity contribution in [2.75, 3.05) is 20.8 Å². The second-order valence-corrected chi connectivity index (χ2v) is 5.27. The van der Waals surface area contributed by atoms with Gasteiger partial charge in [-0.1, -0.05) is 0 Å². The Hall–Kier alpha value is -0.870. The molecule has 1 aromatic heterocycles.